The van der Waals surface area contributed by atoms with Gasteiger partial charge in [-0.1, -0.05) is 42.8 Å². The van der Waals surface area contributed by atoms with E-state index < -0.39 is 34.1 Å². The number of carbonyl (C=O) groups is 2. The van der Waals surface area contributed by atoms with E-state index in [1.807, 2.05) is 39.8 Å². The molecular weight excluding hydrogens is 474 g/mol. The summed E-state index contributed by atoms with van der Waals surface area (Å²) in [5.74, 6) is -0.831. The highest BCUT2D eigenvalue weighted by atomic mass is 35.5. The van der Waals surface area contributed by atoms with Crippen molar-refractivity contribution in [2.75, 3.05) is 17.1 Å². The highest BCUT2D eigenvalue weighted by Crippen LogP contribution is 2.21. The van der Waals surface area contributed by atoms with Crippen LogP contribution in [0.25, 0.3) is 0 Å². The number of anilines is 1. The van der Waals surface area contributed by atoms with Gasteiger partial charge in [-0.15, -0.1) is 0 Å². The summed E-state index contributed by atoms with van der Waals surface area (Å²) in [7, 11) is -3.76. The maximum absolute atomic E-state index is 13.5. The molecule has 2 amide bonds. The fraction of sp³-hybridized carbons (Fsp3) is 0.440. The van der Waals surface area contributed by atoms with E-state index in [9.17, 15) is 18.0 Å². The van der Waals surface area contributed by atoms with Gasteiger partial charge in [0.05, 0.1) is 11.9 Å². The van der Waals surface area contributed by atoms with Crippen LogP contribution in [0.3, 0.4) is 0 Å². The average molecular weight is 508 g/mol. The summed E-state index contributed by atoms with van der Waals surface area (Å²) in [5.41, 5.74) is 1.69. The number of carbonyl (C=O) groups excluding carboxylic acids is 2. The van der Waals surface area contributed by atoms with Crippen LogP contribution in [0.4, 0.5) is 5.69 Å². The van der Waals surface area contributed by atoms with Gasteiger partial charge in [-0.3, -0.25) is 13.9 Å². The van der Waals surface area contributed by atoms with Gasteiger partial charge in [0.15, 0.2) is 0 Å². The molecule has 0 saturated carbocycles. The Bertz CT molecular complexity index is 1110. The summed E-state index contributed by atoms with van der Waals surface area (Å²) in [6, 6.07) is 13.2. The molecule has 0 aliphatic rings. The minimum Gasteiger partial charge on any atom is -0.350 e. The molecule has 186 valence electrons. The van der Waals surface area contributed by atoms with Crippen LogP contribution in [0.1, 0.15) is 45.7 Å². The second kappa shape index (κ2) is 11.2. The molecule has 0 radical (unpaired) electrons. The van der Waals surface area contributed by atoms with Crippen molar-refractivity contribution in [1.82, 2.24) is 10.2 Å². The van der Waals surface area contributed by atoms with Crippen molar-refractivity contribution in [2.45, 2.75) is 59.2 Å². The van der Waals surface area contributed by atoms with E-state index >= 15 is 0 Å². The first kappa shape index (κ1) is 27.7. The molecular formula is C25H34ClN3O4S. The molecule has 2 aromatic rings. The number of nitrogens with zero attached hydrogens (tertiary/aromatic N) is 2. The summed E-state index contributed by atoms with van der Waals surface area (Å²) in [6.45, 7) is 8.86. The maximum Gasteiger partial charge on any atom is 0.244 e. The first-order chi connectivity index (χ1) is 15.7. The Hall–Kier alpha value is -2.58. The molecule has 2 rings (SSSR count). The summed E-state index contributed by atoms with van der Waals surface area (Å²) in [5, 5.41) is 3.39. The largest absolute Gasteiger partial charge is 0.350 e. The Morgan fingerprint density at radius 3 is 2.18 bits per heavy atom. The predicted molar refractivity (Wildman–Crippen MR) is 137 cm³/mol. The number of aryl methyl sites for hydroxylation is 1. The van der Waals surface area contributed by atoms with E-state index in [-0.39, 0.29) is 12.5 Å². The third kappa shape index (κ3) is 8.02. The standard InChI is InChI=1S/C25H34ClN3O4S/c1-7-19-11-13-22(14-12-19)29(34(6,32)33)17-23(30)28(16-20-9-8-10-21(26)15-20)18(2)24(31)27-25(3,4)5/h8-15,18H,7,16-17H2,1-6H3,(H,27,31)/t18-/m0/s1. The van der Waals surface area contributed by atoms with Crippen LogP contribution >= 0.6 is 11.6 Å². The van der Waals surface area contributed by atoms with E-state index in [4.69, 9.17) is 11.6 Å². The van der Waals surface area contributed by atoms with Crippen LogP contribution in [0.2, 0.25) is 5.02 Å². The molecule has 1 N–H and O–H groups in total. The number of amides is 2. The molecule has 0 spiro atoms. The van der Waals surface area contributed by atoms with E-state index in [0.29, 0.717) is 10.7 Å². The molecule has 9 heteroatoms. The normalized spacial score (nSPS) is 12.7. The van der Waals surface area contributed by atoms with Crippen molar-refractivity contribution in [1.29, 1.82) is 0 Å². The number of hydrogen-bond acceptors (Lipinski definition) is 4. The van der Waals surface area contributed by atoms with Gasteiger partial charge in [0.2, 0.25) is 21.8 Å². The van der Waals surface area contributed by atoms with E-state index in [1.165, 1.54) is 4.90 Å². The third-order valence-corrected chi connectivity index (χ3v) is 6.59. The van der Waals surface area contributed by atoms with Gasteiger partial charge in [0, 0.05) is 17.1 Å². The molecule has 0 fully saturated rings. The lowest BCUT2D eigenvalue weighted by molar-refractivity contribution is -0.140. The van der Waals surface area contributed by atoms with Crippen LogP contribution in [0, 0.1) is 0 Å². The molecule has 34 heavy (non-hydrogen) atoms. The van der Waals surface area contributed by atoms with Crippen LogP contribution in [0.5, 0.6) is 0 Å². The summed E-state index contributed by atoms with van der Waals surface area (Å²) < 4.78 is 26.3. The van der Waals surface area contributed by atoms with Crippen molar-refractivity contribution < 1.29 is 18.0 Å². The molecule has 0 unspecified atom stereocenters. The summed E-state index contributed by atoms with van der Waals surface area (Å²) >= 11 is 6.12. The number of hydrogen-bond donors (Lipinski definition) is 1. The molecule has 0 aliphatic heterocycles. The number of benzene rings is 2. The molecule has 0 heterocycles. The Balaban J connectivity index is 2.39. The van der Waals surface area contributed by atoms with Crippen molar-refractivity contribution in [3.63, 3.8) is 0 Å². The lowest BCUT2D eigenvalue weighted by Gasteiger charge is -2.33. The van der Waals surface area contributed by atoms with Crippen LogP contribution in [0.15, 0.2) is 48.5 Å². The van der Waals surface area contributed by atoms with Gasteiger partial charge in [-0.25, -0.2) is 8.42 Å². The molecule has 0 aliphatic carbocycles. The fourth-order valence-corrected chi connectivity index (χ4v) is 4.46. The highest BCUT2D eigenvalue weighted by Gasteiger charge is 2.31. The van der Waals surface area contributed by atoms with Gasteiger partial charge < -0.3 is 10.2 Å². The number of sulfonamides is 1. The minimum atomic E-state index is -3.76. The van der Waals surface area contributed by atoms with Gasteiger partial charge in [0.1, 0.15) is 12.6 Å². The lowest BCUT2D eigenvalue weighted by atomic mass is 10.1. The van der Waals surface area contributed by atoms with Crippen molar-refractivity contribution in [3.05, 3.63) is 64.7 Å². The zero-order valence-corrected chi connectivity index (χ0v) is 22.2. The quantitative estimate of drug-likeness (QED) is 0.555. The molecule has 0 bridgehead atoms. The third-order valence-electron chi connectivity index (χ3n) is 5.22. The average Bonchev–Trinajstić information content (AvgIpc) is 2.73. The first-order valence-electron chi connectivity index (χ1n) is 11.1. The van der Waals surface area contributed by atoms with Gasteiger partial charge in [-0.2, -0.15) is 0 Å². The van der Waals surface area contributed by atoms with Crippen molar-refractivity contribution >= 4 is 39.1 Å². The van der Waals surface area contributed by atoms with Gasteiger partial charge in [-0.05, 0) is 69.5 Å². The molecule has 7 nitrogen and oxygen atoms in total. The van der Waals surface area contributed by atoms with Gasteiger partial charge in [0.25, 0.3) is 0 Å². The number of nitrogens with one attached hydrogen (secondary N) is 1. The summed E-state index contributed by atoms with van der Waals surface area (Å²) in [4.78, 5) is 27.8. The fourth-order valence-electron chi connectivity index (χ4n) is 3.40. The molecule has 0 aromatic heterocycles. The number of halogens is 1. The molecule has 2 aromatic carbocycles. The van der Waals surface area contributed by atoms with Crippen LogP contribution in [-0.2, 0) is 32.6 Å². The zero-order valence-electron chi connectivity index (χ0n) is 20.6. The summed E-state index contributed by atoms with van der Waals surface area (Å²) in [6.07, 6.45) is 1.87. The topological polar surface area (TPSA) is 86.8 Å². The van der Waals surface area contributed by atoms with Crippen molar-refractivity contribution in [3.8, 4) is 0 Å². The monoisotopic (exact) mass is 507 g/mol. The van der Waals surface area contributed by atoms with E-state index in [0.717, 1.165) is 28.1 Å². The highest BCUT2D eigenvalue weighted by molar-refractivity contribution is 7.92. The number of rotatable bonds is 9. The molecule has 0 saturated heterocycles. The maximum atomic E-state index is 13.5. The second-order valence-electron chi connectivity index (χ2n) is 9.36. The minimum absolute atomic E-state index is 0.102. The predicted octanol–water partition coefficient (Wildman–Crippen LogP) is 4.00. The Labute approximate surface area is 208 Å². The SMILES string of the molecule is CCc1ccc(N(CC(=O)N(Cc2cccc(Cl)c2)[C@@H](C)C(=O)NC(C)(C)C)S(C)(=O)=O)cc1. The van der Waals surface area contributed by atoms with Crippen molar-refractivity contribution in [2.24, 2.45) is 0 Å². The van der Waals surface area contributed by atoms with Gasteiger partial charge >= 0.3 is 0 Å². The Morgan fingerprint density at radius 2 is 1.68 bits per heavy atom. The van der Waals surface area contributed by atoms with Crippen LogP contribution in [-0.4, -0.2) is 49.5 Å². The lowest BCUT2D eigenvalue weighted by Crippen LogP contribution is -2.54. The van der Waals surface area contributed by atoms with E-state index in [1.54, 1.807) is 43.3 Å². The van der Waals surface area contributed by atoms with E-state index in [2.05, 4.69) is 5.32 Å². The smallest absolute Gasteiger partial charge is 0.244 e. The first-order valence-corrected chi connectivity index (χ1v) is 13.4. The zero-order chi connectivity index (χ0) is 25.7. The second-order valence-corrected chi connectivity index (χ2v) is 11.7. The van der Waals surface area contributed by atoms with Crippen LogP contribution < -0.4 is 9.62 Å². The Kier molecular flexibility index (Phi) is 9.14. The molecule has 1 atom stereocenters. The Morgan fingerprint density at radius 1 is 1.06 bits per heavy atom.